The zero-order chi connectivity index (χ0) is 24.0. The fourth-order valence-electron chi connectivity index (χ4n) is 4.81. The third-order valence-electron chi connectivity index (χ3n) is 6.83. The SMILES string of the molecule is Cc1c(Cl)ccc(OCC=O)c1C1CCC(OC[C@@H]2NCCC[C@@H]2NS(=O)(=O)C(C)C)CC1. The number of piperidine rings is 1. The maximum absolute atomic E-state index is 12.3. The van der Waals surface area contributed by atoms with Crippen molar-refractivity contribution in [2.75, 3.05) is 19.8 Å². The number of halogens is 1. The van der Waals surface area contributed by atoms with E-state index in [1.165, 1.54) is 0 Å². The standard InChI is InChI=1S/C24H37ClN2O5S/c1-16(2)33(29,30)27-21-5-4-12-26-22(21)15-32-19-8-6-18(7-9-19)24-17(3)20(25)10-11-23(24)31-14-13-28/h10-11,13,16,18-19,21-22,26-27H,4-9,12,14-15H2,1-3H3/t18?,19?,21-,22-/m0/s1. The highest BCUT2D eigenvalue weighted by Gasteiger charge is 2.32. The summed E-state index contributed by atoms with van der Waals surface area (Å²) >= 11 is 6.38. The van der Waals surface area contributed by atoms with Gasteiger partial charge in [0.1, 0.15) is 12.4 Å². The first-order valence-electron chi connectivity index (χ1n) is 11.9. The number of sulfonamides is 1. The fourth-order valence-corrected chi connectivity index (χ4v) is 5.95. The molecule has 1 saturated heterocycles. The molecule has 0 bridgehead atoms. The Labute approximate surface area is 203 Å². The lowest BCUT2D eigenvalue weighted by molar-refractivity contribution is -0.109. The molecule has 0 aromatic heterocycles. The van der Waals surface area contributed by atoms with Crippen molar-refractivity contribution in [2.24, 2.45) is 0 Å². The first-order valence-corrected chi connectivity index (χ1v) is 13.9. The number of aldehydes is 1. The molecule has 1 aliphatic heterocycles. The van der Waals surface area contributed by atoms with Crippen LogP contribution in [0.3, 0.4) is 0 Å². The van der Waals surface area contributed by atoms with Crippen molar-refractivity contribution in [3.8, 4) is 5.75 Å². The molecule has 2 fully saturated rings. The van der Waals surface area contributed by atoms with Crippen LogP contribution in [0.2, 0.25) is 5.02 Å². The summed E-state index contributed by atoms with van der Waals surface area (Å²) in [7, 11) is -3.32. The van der Waals surface area contributed by atoms with Crippen LogP contribution in [0.15, 0.2) is 12.1 Å². The third-order valence-corrected chi connectivity index (χ3v) is 9.11. The summed E-state index contributed by atoms with van der Waals surface area (Å²) < 4.78 is 39.5. The molecule has 186 valence electrons. The largest absolute Gasteiger partial charge is 0.486 e. The number of rotatable bonds is 10. The smallest absolute Gasteiger partial charge is 0.214 e. The van der Waals surface area contributed by atoms with Gasteiger partial charge in [-0.3, -0.25) is 4.79 Å². The first kappa shape index (κ1) is 26.4. The molecular weight excluding hydrogens is 464 g/mol. The fraction of sp³-hybridized carbons (Fsp3) is 0.708. The van der Waals surface area contributed by atoms with Crippen molar-refractivity contribution in [2.45, 2.75) is 88.7 Å². The number of hydrogen-bond donors (Lipinski definition) is 2. The van der Waals surface area contributed by atoms with Crippen molar-refractivity contribution in [1.29, 1.82) is 0 Å². The summed E-state index contributed by atoms with van der Waals surface area (Å²) in [6.45, 7) is 6.78. The predicted octanol–water partition coefficient (Wildman–Crippen LogP) is 3.72. The average Bonchev–Trinajstić information content (AvgIpc) is 2.79. The van der Waals surface area contributed by atoms with E-state index in [2.05, 4.69) is 10.0 Å². The zero-order valence-electron chi connectivity index (χ0n) is 19.8. The third kappa shape index (κ3) is 6.92. The molecule has 9 heteroatoms. The van der Waals surface area contributed by atoms with E-state index in [0.717, 1.165) is 68.2 Å². The Balaban J connectivity index is 1.56. The molecule has 2 atom stereocenters. The molecule has 3 rings (SSSR count). The maximum atomic E-state index is 12.3. The van der Waals surface area contributed by atoms with E-state index in [9.17, 15) is 13.2 Å². The molecule has 2 N–H and O–H groups in total. The Morgan fingerprint density at radius 2 is 1.94 bits per heavy atom. The average molecular weight is 501 g/mol. The molecule has 7 nitrogen and oxygen atoms in total. The van der Waals surface area contributed by atoms with Crippen molar-refractivity contribution in [1.82, 2.24) is 10.0 Å². The summed E-state index contributed by atoms with van der Waals surface area (Å²) in [6, 6.07) is 3.50. The van der Waals surface area contributed by atoms with Crippen molar-refractivity contribution in [3.05, 3.63) is 28.3 Å². The Morgan fingerprint density at radius 3 is 2.61 bits per heavy atom. The van der Waals surface area contributed by atoms with Crippen LogP contribution in [0.25, 0.3) is 0 Å². The van der Waals surface area contributed by atoms with Gasteiger partial charge >= 0.3 is 0 Å². The molecule has 0 unspecified atom stereocenters. The highest BCUT2D eigenvalue weighted by atomic mass is 35.5. The van der Waals surface area contributed by atoms with Gasteiger partial charge in [0.25, 0.3) is 0 Å². The van der Waals surface area contributed by atoms with Gasteiger partial charge in [0.15, 0.2) is 6.29 Å². The lowest BCUT2D eigenvalue weighted by Gasteiger charge is -2.36. The highest BCUT2D eigenvalue weighted by molar-refractivity contribution is 7.90. The van der Waals surface area contributed by atoms with Gasteiger partial charge in [-0.25, -0.2) is 13.1 Å². The predicted molar refractivity (Wildman–Crippen MR) is 131 cm³/mol. The Morgan fingerprint density at radius 1 is 1.21 bits per heavy atom. The number of nitrogens with one attached hydrogen (secondary N) is 2. The minimum Gasteiger partial charge on any atom is -0.486 e. The lowest BCUT2D eigenvalue weighted by atomic mass is 9.80. The summed E-state index contributed by atoms with van der Waals surface area (Å²) in [4.78, 5) is 10.8. The second-order valence-electron chi connectivity index (χ2n) is 9.39. The van der Waals surface area contributed by atoms with Gasteiger partial charge in [0, 0.05) is 22.7 Å². The van der Waals surface area contributed by atoms with Crippen molar-refractivity contribution >= 4 is 27.9 Å². The van der Waals surface area contributed by atoms with E-state index < -0.39 is 15.3 Å². The van der Waals surface area contributed by atoms with Crippen LogP contribution in [0.4, 0.5) is 0 Å². The second kappa shape index (κ2) is 12.0. The van der Waals surface area contributed by atoms with Gasteiger partial charge in [0.05, 0.1) is 18.0 Å². The van der Waals surface area contributed by atoms with Crippen LogP contribution >= 0.6 is 11.6 Å². The molecule has 2 aliphatic rings. The number of carbonyl (C=O) groups is 1. The van der Waals surface area contributed by atoms with E-state index in [0.29, 0.717) is 17.5 Å². The molecule has 0 spiro atoms. The number of carbonyl (C=O) groups excluding carboxylic acids is 1. The quantitative estimate of drug-likeness (QED) is 0.475. The normalized spacial score (nSPS) is 26.3. The Hall–Kier alpha value is -1.19. The van der Waals surface area contributed by atoms with Crippen LogP contribution in [0, 0.1) is 6.92 Å². The van der Waals surface area contributed by atoms with Gasteiger partial charge in [0.2, 0.25) is 10.0 Å². The van der Waals surface area contributed by atoms with Gasteiger partial charge in [-0.15, -0.1) is 0 Å². The molecule has 33 heavy (non-hydrogen) atoms. The molecule has 1 heterocycles. The van der Waals surface area contributed by atoms with Crippen LogP contribution in [0.5, 0.6) is 5.75 Å². The van der Waals surface area contributed by atoms with Gasteiger partial charge in [-0.1, -0.05) is 11.6 Å². The minimum atomic E-state index is -3.32. The summed E-state index contributed by atoms with van der Waals surface area (Å²) in [5, 5.41) is 3.69. The first-order chi connectivity index (χ1) is 15.7. The van der Waals surface area contributed by atoms with Crippen LogP contribution in [-0.2, 0) is 19.6 Å². The monoisotopic (exact) mass is 500 g/mol. The number of ether oxygens (including phenoxy) is 2. The minimum absolute atomic E-state index is 0.0245. The molecule has 1 aliphatic carbocycles. The zero-order valence-corrected chi connectivity index (χ0v) is 21.4. The molecule has 0 radical (unpaired) electrons. The molecular formula is C24H37ClN2O5S. The Kier molecular flexibility index (Phi) is 9.59. The van der Waals surface area contributed by atoms with E-state index in [-0.39, 0.29) is 24.8 Å². The Bertz CT molecular complexity index is 900. The van der Waals surface area contributed by atoms with Crippen LogP contribution in [-0.4, -0.2) is 57.9 Å². The van der Waals surface area contributed by atoms with Gasteiger partial charge in [-0.2, -0.15) is 0 Å². The molecule has 1 saturated carbocycles. The summed E-state index contributed by atoms with van der Waals surface area (Å²) in [6.07, 6.45) is 6.39. The second-order valence-corrected chi connectivity index (χ2v) is 12.1. The maximum Gasteiger partial charge on any atom is 0.214 e. The van der Waals surface area contributed by atoms with E-state index in [4.69, 9.17) is 21.1 Å². The molecule has 1 aromatic rings. The number of hydrogen-bond acceptors (Lipinski definition) is 6. The lowest BCUT2D eigenvalue weighted by Crippen LogP contribution is -2.56. The van der Waals surface area contributed by atoms with Crippen LogP contribution < -0.4 is 14.8 Å². The molecule has 1 aromatic carbocycles. The summed E-state index contributed by atoms with van der Waals surface area (Å²) in [5.41, 5.74) is 2.11. The van der Waals surface area contributed by atoms with Crippen LogP contribution in [0.1, 0.15) is 69.4 Å². The topological polar surface area (TPSA) is 93.7 Å². The highest BCUT2D eigenvalue weighted by Crippen LogP contribution is 2.42. The van der Waals surface area contributed by atoms with E-state index in [1.54, 1.807) is 13.8 Å². The van der Waals surface area contributed by atoms with Crippen molar-refractivity contribution < 1.29 is 22.7 Å². The van der Waals surface area contributed by atoms with Gasteiger partial charge < -0.3 is 14.8 Å². The molecule has 0 amide bonds. The van der Waals surface area contributed by atoms with E-state index >= 15 is 0 Å². The summed E-state index contributed by atoms with van der Waals surface area (Å²) in [5.74, 6) is 1.05. The van der Waals surface area contributed by atoms with E-state index in [1.807, 2.05) is 19.1 Å². The van der Waals surface area contributed by atoms with Crippen molar-refractivity contribution in [3.63, 3.8) is 0 Å². The van der Waals surface area contributed by atoms with Gasteiger partial charge in [-0.05, 0) is 89.5 Å². The number of benzene rings is 1.